The van der Waals surface area contributed by atoms with Gasteiger partial charge in [0.2, 0.25) is 5.43 Å². The number of hydrogen-bond acceptors (Lipinski definition) is 5. The van der Waals surface area contributed by atoms with Gasteiger partial charge in [-0.2, -0.15) is 0 Å². The zero-order valence-electron chi connectivity index (χ0n) is 18.0. The molecule has 0 atom stereocenters. The molecular weight excluding hydrogens is 424 g/mol. The Morgan fingerprint density at radius 1 is 1.22 bits per heavy atom. The molecule has 0 bridgehead atoms. The lowest BCUT2D eigenvalue weighted by Crippen LogP contribution is -2.40. The van der Waals surface area contributed by atoms with Gasteiger partial charge >= 0.3 is 0 Å². The molecular formula is C22H25F2N3O5. The molecule has 0 spiro atoms. The number of aliphatic hydroxyl groups excluding tert-OH is 1. The lowest BCUT2D eigenvalue weighted by atomic mass is 10.1. The fourth-order valence-corrected chi connectivity index (χ4v) is 2.88. The fourth-order valence-electron chi connectivity index (χ4n) is 2.88. The molecule has 0 saturated heterocycles. The second-order valence-corrected chi connectivity index (χ2v) is 6.63. The molecule has 0 unspecified atom stereocenters. The van der Waals surface area contributed by atoms with Crippen LogP contribution in [0.3, 0.4) is 0 Å². The molecule has 1 aromatic heterocycles. The molecule has 1 aliphatic heterocycles. The molecule has 10 heteroatoms. The quantitative estimate of drug-likeness (QED) is 0.614. The second kappa shape index (κ2) is 11.6. The zero-order chi connectivity index (χ0) is 24.6. The molecule has 172 valence electrons. The molecule has 1 aliphatic rings. The normalized spacial score (nSPS) is 12.0. The van der Waals surface area contributed by atoms with E-state index >= 15 is 0 Å². The first-order valence-electron chi connectivity index (χ1n) is 9.51. The highest BCUT2D eigenvalue weighted by Gasteiger charge is 2.29. The van der Waals surface area contributed by atoms with E-state index < -0.39 is 34.6 Å². The maximum atomic E-state index is 14.0. The molecule has 2 amide bonds. The van der Waals surface area contributed by atoms with Crippen molar-refractivity contribution in [3.8, 4) is 18.6 Å². The average molecular weight is 449 g/mol. The molecule has 1 aromatic carbocycles. The summed E-state index contributed by atoms with van der Waals surface area (Å²) >= 11 is 0. The van der Waals surface area contributed by atoms with Crippen LogP contribution in [0.15, 0.2) is 23.1 Å². The number of nitrogens with zero attached hydrogens (tertiary/aromatic N) is 2. The monoisotopic (exact) mass is 449 g/mol. The summed E-state index contributed by atoms with van der Waals surface area (Å²) in [6.07, 6.45) is 9.20. The maximum Gasteiger partial charge on any atom is 0.274 e. The van der Waals surface area contributed by atoms with E-state index in [2.05, 4.69) is 18.2 Å². The third-order valence-corrected chi connectivity index (χ3v) is 4.57. The zero-order valence-corrected chi connectivity index (χ0v) is 18.0. The number of aromatic nitrogens is 1. The van der Waals surface area contributed by atoms with E-state index in [0.717, 1.165) is 6.07 Å². The van der Waals surface area contributed by atoms with Crippen molar-refractivity contribution in [3.63, 3.8) is 0 Å². The lowest BCUT2D eigenvalue weighted by molar-refractivity contribution is 0.0740. The number of carbonyl (C=O) groups excluding carboxylic acids is 2. The van der Waals surface area contributed by atoms with E-state index in [1.165, 1.54) is 35.7 Å². The van der Waals surface area contributed by atoms with Gasteiger partial charge in [-0.3, -0.25) is 14.4 Å². The van der Waals surface area contributed by atoms with Crippen LogP contribution >= 0.6 is 0 Å². The number of amides is 2. The molecule has 2 aromatic rings. The number of pyridine rings is 1. The van der Waals surface area contributed by atoms with Crippen LogP contribution in [0.2, 0.25) is 0 Å². The Labute approximate surface area is 184 Å². The number of halogens is 2. The number of hydrogen-bond donors (Lipinski definition) is 3. The van der Waals surface area contributed by atoms with Crippen LogP contribution in [0.5, 0.6) is 5.75 Å². The Hall–Kier alpha value is -3.71. The van der Waals surface area contributed by atoms with Crippen molar-refractivity contribution < 1.29 is 28.6 Å². The number of fused-ring (bicyclic) bond motifs is 1. The summed E-state index contributed by atoms with van der Waals surface area (Å²) in [7, 11) is 1.54. The third kappa shape index (κ3) is 5.50. The van der Waals surface area contributed by atoms with Crippen molar-refractivity contribution in [2.45, 2.75) is 26.9 Å². The van der Waals surface area contributed by atoms with E-state index in [9.17, 15) is 28.3 Å². The lowest BCUT2D eigenvalue weighted by Gasteiger charge is -2.27. The number of aromatic hydroxyl groups is 1. The first kappa shape index (κ1) is 26.3. The van der Waals surface area contributed by atoms with Gasteiger partial charge < -0.3 is 25.0 Å². The summed E-state index contributed by atoms with van der Waals surface area (Å²) in [5.41, 5.74) is -1.64. The fraction of sp³-hybridized carbons (Fsp3) is 0.318. The second-order valence-electron chi connectivity index (χ2n) is 6.63. The highest BCUT2D eigenvalue weighted by atomic mass is 19.1. The van der Waals surface area contributed by atoms with Gasteiger partial charge in [0.1, 0.15) is 17.2 Å². The molecule has 0 saturated carbocycles. The van der Waals surface area contributed by atoms with Gasteiger partial charge in [0.25, 0.3) is 11.8 Å². The summed E-state index contributed by atoms with van der Waals surface area (Å²) in [6.45, 7) is 3.60. The van der Waals surface area contributed by atoms with Crippen molar-refractivity contribution in [2.24, 2.45) is 0 Å². The highest BCUT2D eigenvalue weighted by Crippen LogP contribution is 2.20. The minimum absolute atomic E-state index is 0.0568. The smallest absolute Gasteiger partial charge is 0.274 e. The average Bonchev–Trinajstić information content (AvgIpc) is 2.78. The largest absolute Gasteiger partial charge is 0.503 e. The van der Waals surface area contributed by atoms with Crippen molar-refractivity contribution in [2.75, 3.05) is 20.2 Å². The summed E-state index contributed by atoms with van der Waals surface area (Å²) in [5.74, 6) is -3.64. The van der Waals surface area contributed by atoms with Crippen molar-refractivity contribution in [1.29, 1.82) is 0 Å². The van der Waals surface area contributed by atoms with Crippen LogP contribution in [0.4, 0.5) is 8.78 Å². The number of likely N-dealkylation sites (N-methyl/N-ethyl adjacent to an activating group) is 1. The van der Waals surface area contributed by atoms with Gasteiger partial charge in [-0.1, -0.05) is 6.07 Å². The Kier molecular flexibility index (Phi) is 9.56. The molecule has 2 heterocycles. The highest BCUT2D eigenvalue weighted by molar-refractivity contribution is 5.98. The number of aliphatic hydroxyl groups is 1. The molecule has 0 aliphatic carbocycles. The number of carbonyl (C=O) groups is 2. The van der Waals surface area contributed by atoms with Gasteiger partial charge in [-0.05, 0) is 19.9 Å². The Morgan fingerprint density at radius 3 is 2.41 bits per heavy atom. The van der Waals surface area contributed by atoms with Crippen LogP contribution in [0, 0.1) is 31.4 Å². The van der Waals surface area contributed by atoms with Crippen LogP contribution < -0.4 is 10.7 Å². The Bertz CT molecular complexity index is 1080. The number of nitrogens with one attached hydrogen (secondary N) is 1. The summed E-state index contributed by atoms with van der Waals surface area (Å²) in [6, 6.07) is 2.28. The Balaban J connectivity index is 0.000000944. The van der Waals surface area contributed by atoms with E-state index in [-0.39, 0.29) is 35.5 Å². The molecule has 0 fully saturated rings. The predicted octanol–water partition coefficient (Wildman–Crippen LogP) is 1.40. The minimum Gasteiger partial charge on any atom is -0.503 e. The van der Waals surface area contributed by atoms with Crippen LogP contribution in [-0.2, 0) is 13.1 Å². The van der Waals surface area contributed by atoms with Gasteiger partial charge in [0, 0.05) is 50.6 Å². The summed E-state index contributed by atoms with van der Waals surface area (Å²) in [5, 5.41) is 20.0. The third-order valence-electron chi connectivity index (χ3n) is 4.57. The number of terminal acetylenes is 1. The van der Waals surface area contributed by atoms with E-state index in [1.54, 1.807) is 6.92 Å². The minimum atomic E-state index is -0.988. The standard InChI is InChI=1S/C18H17F2N3O4.C2H6O.C2H2/c1-9-12(19)4-3-10(13(9)20)7-21-17(26)11-8-23-6-5-22(2)18(27)14(23)16(25)15(11)24;1-2-3;1-2/h3-4,8,25H,5-7H2,1-2H3,(H,21,26);3H,2H2,1H3;1-2H. The molecule has 0 radical (unpaired) electrons. The van der Waals surface area contributed by atoms with Gasteiger partial charge in [0.05, 0.1) is 0 Å². The summed E-state index contributed by atoms with van der Waals surface area (Å²) < 4.78 is 28.7. The summed E-state index contributed by atoms with van der Waals surface area (Å²) in [4.78, 5) is 38.1. The maximum absolute atomic E-state index is 14.0. The van der Waals surface area contributed by atoms with E-state index in [4.69, 9.17) is 5.11 Å². The first-order valence-corrected chi connectivity index (χ1v) is 9.51. The van der Waals surface area contributed by atoms with Crippen LogP contribution in [-0.4, -0.2) is 51.7 Å². The van der Waals surface area contributed by atoms with Crippen molar-refractivity contribution in [3.05, 3.63) is 62.6 Å². The van der Waals surface area contributed by atoms with Gasteiger partial charge in [0.15, 0.2) is 11.4 Å². The number of rotatable bonds is 3. The van der Waals surface area contributed by atoms with Crippen LogP contribution in [0.1, 0.15) is 38.9 Å². The Morgan fingerprint density at radius 2 is 1.81 bits per heavy atom. The first-order chi connectivity index (χ1) is 15.1. The van der Waals surface area contributed by atoms with Crippen molar-refractivity contribution in [1.82, 2.24) is 14.8 Å². The molecule has 3 N–H and O–H groups in total. The topological polar surface area (TPSA) is 112 Å². The molecule has 8 nitrogen and oxygen atoms in total. The van der Waals surface area contributed by atoms with Crippen molar-refractivity contribution >= 4 is 11.8 Å². The van der Waals surface area contributed by atoms with Gasteiger partial charge in [-0.25, -0.2) is 8.78 Å². The van der Waals surface area contributed by atoms with E-state index in [0.29, 0.717) is 13.1 Å². The van der Waals surface area contributed by atoms with Gasteiger partial charge in [-0.15, -0.1) is 12.8 Å². The number of benzene rings is 1. The van der Waals surface area contributed by atoms with E-state index in [1.807, 2.05) is 0 Å². The van der Waals surface area contributed by atoms with Crippen LogP contribution in [0.25, 0.3) is 0 Å². The molecule has 3 rings (SSSR count). The SMILES string of the molecule is C#C.CCO.Cc1c(F)ccc(CNC(=O)c2cn3c(c(O)c2=O)C(=O)N(C)CC3)c1F. The predicted molar refractivity (Wildman–Crippen MR) is 114 cm³/mol. The molecule has 32 heavy (non-hydrogen) atoms.